The van der Waals surface area contributed by atoms with Crippen molar-refractivity contribution in [2.45, 2.75) is 57.2 Å². The number of hydrogen-bond donors (Lipinski definition) is 2. The zero-order valence-electron chi connectivity index (χ0n) is 12.5. The first-order valence-electron chi connectivity index (χ1n) is 7.77. The van der Waals surface area contributed by atoms with Gasteiger partial charge in [0.2, 0.25) is 5.91 Å². The van der Waals surface area contributed by atoms with Crippen molar-refractivity contribution in [1.82, 2.24) is 4.90 Å². The van der Waals surface area contributed by atoms with E-state index < -0.39 is 5.54 Å². The Kier molecular flexibility index (Phi) is 3.35. The van der Waals surface area contributed by atoms with Crippen LogP contribution in [0.15, 0.2) is 0 Å². The average molecular weight is 282 g/mol. The molecule has 4 unspecified atom stereocenters. The highest BCUT2D eigenvalue weighted by Gasteiger charge is 2.72. The van der Waals surface area contributed by atoms with Gasteiger partial charge in [-0.3, -0.25) is 4.79 Å². The molecule has 0 bridgehead atoms. The van der Waals surface area contributed by atoms with Gasteiger partial charge in [0.25, 0.3) is 0 Å². The molecule has 2 aliphatic heterocycles. The van der Waals surface area contributed by atoms with E-state index in [0.29, 0.717) is 6.61 Å². The van der Waals surface area contributed by atoms with Gasteiger partial charge in [-0.2, -0.15) is 0 Å². The first-order chi connectivity index (χ1) is 9.44. The smallest absolute Gasteiger partial charge is 0.244 e. The summed E-state index contributed by atoms with van der Waals surface area (Å²) < 4.78 is 5.75. The van der Waals surface area contributed by atoms with Crippen LogP contribution in [-0.2, 0) is 9.53 Å². The van der Waals surface area contributed by atoms with Crippen molar-refractivity contribution in [2.75, 3.05) is 19.8 Å². The summed E-state index contributed by atoms with van der Waals surface area (Å²) in [6.07, 6.45) is 3.93. The molecule has 0 spiro atoms. The Labute approximate surface area is 120 Å². The third-order valence-corrected chi connectivity index (χ3v) is 5.91. The first kappa shape index (κ1) is 14.3. The molecule has 3 aliphatic rings. The molecule has 1 aliphatic carbocycles. The number of carbonyl (C=O) groups is 1. The highest BCUT2D eigenvalue weighted by molar-refractivity contribution is 5.90. The second-order valence-corrected chi connectivity index (χ2v) is 7.11. The van der Waals surface area contributed by atoms with Crippen LogP contribution in [0, 0.1) is 11.3 Å². The molecule has 20 heavy (non-hydrogen) atoms. The fourth-order valence-corrected chi connectivity index (χ4v) is 4.51. The van der Waals surface area contributed by atoms with Crippen LogP contribution in [0.4, 0.5) is 0 Å². The number of rotatable bonds is 2. The maximum Gasteiger partial charge on any atom is 0.244 e. The molecule has 3 fully saturated rings. The van der Waals surface area contributed by atoms with E-state index in [1.54, 1.807) is 0 Å². The second-order valence-electron chi connectivity index (χ2n) is 7.11. The number of amides is 1. The molecule has 2 heterocycles. The quantitative estimate of drug-likeness (QED) is 0.773. The normalized spacial score (nSPS) is 43.0. The number of nitrogens with two attached hydrogens (primary N) is 1. The molecular weight excluding hydrogens is 256 g/mol. The van der Waals surface area contributed by atoms with Crippen LogP contribution in [0.3, 0.4) is 0 Å². The van der Waals surface area contributed by atoms with Gasteiger partial charge in [-0.25, -0.2) is 0 Å². The maximum atomic E-state index is 13.1. The van der Waals surface area contributed by atoms with Crippen LogP contribution in [0.25, 0.3) is 0 Å². The average Bonchev–Trinajstić information content (AvgIpc) is 2.94. The summed E-state index contributed by atoms with van der Waals surface area (Å²) in [4.78, 5) is 14.9. The molecule has 5 nitrogen and oxygen atoms in total. The second kappa shape index (κ2) is 4.68. The molecule has 3 rings (SSSR count). The molecule has 1 amide bonds. The lowest BCUT2D eigenvalue weighted by Gasteiger charge is -2.62. The van der Waals surface area contributed by atoms with E-state index in [9.17, 15) is 9.90 Å². The summed E-state index contributed by atoms with van der Waals surface area (Å²) in [7, 11) is 0. The van der Waals surface area contributed by atoms with Gasteiger partial charge in [-0.05, 0) is 25.7 Å². The molecule has 0 aromatic carbocycles. The minimum Gasteiger partial charge on any atom is -0.394 e. The summed E-state index contributed by atoms with van der Waals surface area (Å²) in [5.41, 5.74) is 5.44. The molecule has 0 aromatic rings. The Morgan fingerprint density at radius 3 is 2.85 bits per heavy atom. The van der Waals surface area contributed by atoms with Gasteiger partial charge in [-0.15, -0.1) is 0 Å². The molecule has 5 heteroatoms. The molecule has 0 aromatic heterocycles. The summed E-state index contributed by atoms with van der Waals surface area (Å²) >= 11 is 0. The number of nitrogens with zero attached hydrogens (tertiary/aromatic N) is 1. The largest absolute Gasteiger partial charge is 0.394 e. The fraction of sp³-hybridized carbons (Fsp3) is 0.933. The highest BCUT2D eigenvalue weighted by Crippen LogP contribution is 2.58. The lowest BCUT2D eigenvalue weighted by Crippen LogP contribution is -2.81. The van der Waals surface area contributed by atoms with Crippen LogP contribution in [-0.4, -0.2) is 53.4 Å². The van der Waals surface area contributed by atoms with Crippen molar-refractivity contribution >= 4 is 5.91 Å². The fourth-order valence-electron chi connectivity index (χ4n) is 4.51. The SMILES string of the molecule is CC1(C)C2OCCC2C1(N)C(=O)N1CCCCC1CO. The molecular formula is C15H26N2O3. The molecule has 2 saturated heterocycles. The third-order valence-electron chi connectivity index (χ3n) is 5.91. The van der Waals surface area contributed by atoms with Crippen LogP contribution < -0.4 is 5.73 Å². The Hall–Kier alpha value is -0.650. The van der Waals surface area contributed by atoms with Gasteiger partial charge in [0, 0.05) is 24.5 Å². The highest BCUT2D eigenvalue weighted by atomic mass is 16.5. The predicted molar refractivity (Wildman–Crippen MR) is 75.0 cm³/mol. The summed E-state index contributed by atoms with van der Waals surface area (Å²) in [6.45, 7) is 5.53. The topological polar surface area (TPSA) is 75.8 Å². The van der Waals surface area contributed by atoms with Gasteiger partial charge < -0.3 is 20.5 Å². The number of aliphatic hydroxyl groups is 1. The number of aliphatic hydroxyl groups excluding tert-OH is 1. The minimum absolute atomic E-state index is 0.0213. The Morgan fingerprint density at radius 2 is 2.15 bits per heavy atom. The van der Waals surface area contributed by atoms with Crippen molar-refractivity contribution in [2.24, 2.45) is 17.1 Å². The Bertz CT molecular complexity index is 412. The zero-order chi connectivity index (χ0) is 14.5. The summed E-state index contributed by atoms with van der Waals surface area (Å²) in [5, 5.41) is 9.52. The third kappa shape index (κ3) is 1.63. The summed E-state index contributed by atoms with van der Waals surface area (Å²) in [5.74, 6) is 0.152. The number of fused-ring (bicyclic) bond motifs is 1. The van der Waals surface area contributed by atoms with Crippen LogP contribution in [0.2, 0.25) is 0 Å². The molecule has 4 atom stereocenters. The number of carbonyl (C=O) groups excluding carboxylic acids is 1. The lowest BCUT2D eigenvalue weighted by molar-refractivity contribution is -0.187. The van der Waals surface area contributed by atoms with Crippen LogP contribution in [0.5, 0.6) is 0 Å². The van der Waals surface area contributed by atoms with Gasteiger partial charge in [0.1, 0.15) is 5.54 Å². The summed E-state index contributed by atoms with van der Waals surface area (Å²) in [6, 6.07) is -0.0613. The number of piperidine rings is 1. The Morgan fingerprint density at radius 1 is 1.40 bits per heavy atom. The number of likely N-dealkylation sites (tertiary alicyclic amines) is 1. The predicted octanol–water partition coefficient (Wildman–Crippen LogP) is 0.502. The van der Waals surface area contributed by atoms with E-state index in [1.165, 1.54) is 0 Å². The number of hydrogen-bond acceptors (Lipinski definition) is 4. The van der Waals surface area contributed by atoms with Crippen molar-refractivity contribution in [1.29, 1.82) is 0 Å². The zero-order valence-corrected chi connectivity index (χ0v) is 12.5. The van der Waals surface area contributed by atoms with Crippen LogP contribution >= 0.6 is 0 Å². The number of ether oxygens (including phenoxy) is 1. The van der Waals surface area contributed by atoms with Crippen molar-refractivity contribution in [3.05, 3.63) is 0 Å². The molecule has 0 radical (unpaired) electrons. The van der Waals surface area contributed by atoms with E-state index in [-0.39, 0.29) is 36.0 Å². The van der Waals surface area contributed by atoms with E-state index in [0.717, 1.165) is 32.2 Å². The molecule has 3 N–H and O–H groups in total. The van der Waals surface area contributed by atoms with Gasteiger partial charge in [-0.1, -0.05) is 13.8 Å². The van der Waals surface area contributed by atoms with E-state index >= 15 is 0 Å². The molecule has 114 valence electrons. The van der Waals surface area contributed by atoms with Gasteiger partial charge in [0.15, 0.2) is 0 Å². The van der Waals surface area contributed by atoms with Crippen molar-refractivity contribution in [3.63, 3.8) is 0 Å². The van der Waals surface area contributed by atoms with E-state index in [1.807, 2.05) is 18.7 Å². The van der Waals surface area contributed by atoms with Gasteiger partial charge >= 0.3 is 0 Å². The van der Waals surface area contributed by atoms with Gasteiger partial charge in [0.05, 0.1) is 18.8 Å². The van der Waals surface area contributed by atoms with E-state index in [4.69, 9.17) is 10.5 Å². The van der Waals surface area contributed by atoms with Crippen LogP contribution in [0.1, 0.15) is 39.5 Å². The maximum absolute atomic E-state index is 13.1. The van der Waals surface area contributed by atoms with E-state index in [2.05, 4.69) is 0 Å². The Balaban J connectivity index is 1.85. The molecule has 1 saturated carbocycles. The minimum atomic E-state index is -0.834. The van der Waals surface area contributed by atoms with Crippen molar-refractivity contribution in [3.8, 4) is 0 Å². The first-order valence-corrected chi connectivity index (χ1v) is 7.77. The lowest BCUT2D eigenvalue weighted by atomic mass is 9.47. The standard InChI is InChI=1S/C15H26N2O3/c1-14(2)12-11(6-8-20-12)15(14,16)13(19)17-7-4-3-5-10(17)9-18/h10-12,18H,3-9,16H2,1-2H3. The monoisotopic (exact) mass is 282 g/mol. The van der Waals surface area contributed by atoms with Crippen molar-refractivity contribution < 1.29 is 14.6 Å².